The van der Waals surface area contributed by atoms with Crippen molar-refractivity contribution in [2.75, 3.05) is 19.6 Å². The molecule has 0 aromatic heterocycles. The summed E-state index contributed by atoms with van der Waals surface area (Å²) >= 11 is 0. The Morgan fingerprint density at radius 2 is 2.00 bits per heavy atom. The van der Waals surface area contributed by atoms with E-state index in [9.17, 15) is 0 Å². The smallest absolute Gasteiger partial charge is 0.00133 e. The summed E-state index contributed by atoms with van der Waals surface area (Å²) in [5, 5.41) is 0. The van der Waals surface area contributed by atoms with Gasteiger partial charge in [-0.3, -0.25) is 0 Å². The van der Waals surface area contributed by atoms with E-state index in [1.165, 1.54) is 56.4 Å². The fourth-order valence-corrected chi connectivity index (χ4v) is 2.72. The molecule has 1 unspecified atom stereocenters. The number of hydrogen-bond acceptors (Lipinski definition) is 1. The van der Waals surface area contributed by atoms with Crippen LogP contribution in [0.3, 0.4) is 0 Å². The van der Waals surface area contributed by atoms with Crippen LogP contribution in [0.5, 0.6) is 0 Å². The number of aryl methyl sites for hydroxylation is 1. The number of likely N-dealkylation sites (tertiary alicyclic amines) is 1. The molecule has 0 bridgehead atoms. The molecule has 0 amide bonds. The largest absolute Gasteiger partial charge is 0.303 e. The van der Waals surface area contributed by atoms with Gasteiger partial charge in [-0.2, -0.15) is 0 Å². The van der Waals surface area contributed by atoms with Gasteiger partial charge in [0, 0.05) is 6.54 Å². The lowest BCUT2D eigenvalue weighted by molar-refractivity contribution is 0.318. The average molecular weight is 231 g/mol. The monoisotopic (exact) mass is 231 g/mol. The van der Waals surface area contributed by atoms with E-state index in [2.05, 4.69) is 43.0 Å². The zero-order valence-corrected chi connectivity index (χ0v) is 11.3. The molecule has 1 heteroatoms. The number of benzene rings is 1. The van der Waals surface area contributed by atoms with Gasteiger partial charge in [-0.1, -0.05) is 43.2 Å². The topological polar surface area (TPSA) is 3.24 Å². The van der Waals surface area contributed by atoms with E-state index in [1.807, 2.05) is 0 Å². The first-order valence-electron chi connectivity index (χ1n) is 7.06. The molecule has 1 aromatic rings. The average Bonchev–Trinajstić information content (AvgIpc) is 2.77. The van der Waals surface area contributed by atoms with Crippen molar-refractivity contribution >= 4 is 0 Å². The Morgan fingerprint density at radius 1 is 1.24 bits per heavy atom. The maximum atomic E-state index is 2.64. The van der Waals surface area contributed by atoms with Crippen molar-refractivity contribution in [3.8, 4) is 0 Å². The molecule has 1 heterocycles. The molecule has 0 spiro atoms. The molecule has 1 atom stereocenters. The molecule has 1 aromatic carbocycles. The number of nitrogens with zero attached hydrogens (tertiary/aromatic N) is 1. The summed E-state index contributed by atoms with van der Waals surface area (Å²) in [7, 11) is 0. The van der Waals surface area contributed by atoms with Crippen LogP contribution in [0.1, 0.15) is 37.3 Å². The highest BCUT2D eigenvalue weighted by molar-refractivity contribution is 5.21. The normalized spacial score (nSPS) is 20.9. The highest BCUT2D eigenvalue weighted by Crippen LogP contribution is 2.21. The first-order valence-corrected chi connectivity index (χ1v) is 7.06. The van der Waals surface area contributed by atoms with E-state index in [1.54, 1.807) is 0 Å². The molecule has 0 N–H and O–H groups in total. The minimum absolute atomic E-state index is 0.884. The number of unbranched alkanes of at least 4 members (excludes halogenated alkanes) is 1. The minimum Gasteiger partial charge on any atom is -0.303 e. The summed E-state index contributed by atoms with van der Waals surface area (Å²) in [5.41, 5.74) is 2.88. The summed E-state index contributed by atoms with van der Waals surface area (Å²) in [6.07, 6.45) is 5.33. The fraction of sp³-hybridized carbons (Fsp3) is 0.625. The molecule has 1 saturated heterocycles. The third-order valence-electron chi connectivity index (χ3n) is 3.84. The van der Waals surface area contributed by atoms with Gasteiger partial charge in [-0.05, 0) is 50.8 Å². The van der Waals surface area contributed by atoms with Crippen molar-refractivity contribution in [2.24, 2.45) is 5.92 Å². The number of rotatable bonds is 5. The van der Waals surface area contributed by atoms with Crippen LogP contribution in [0.15, 0.2) is 24.3 Å². The molecule has 2 rings (SSSR count). The lowest BCUT2D eigenvalue weighted by atomic mass is 9.98. The van der Waals surface area contributed by atoms with Crippen LogP contribution in [0.2, 0.25) is 0 Å². The molecule has 1 aliphatic heterocycles. The van der Waals surface area contributed by atoms with Gasteiger partial charge in [0.05, 0.1) is 0 Å². The third kappa shape index (κ3) is 3.85. The summed E-state index contributed by atoms with van der Waals surface area (Å²) < 4.78 is 0. The van der Waals surface area contributed by atoms with Gasteiger partial charge in [0.25, 0.3) is 0 Å². The van der Waals surface area contributed by atoms with Crippen LogP contribution in [-0.4, -0.2) is 24.5 Å². The number of hydrogen-bond donors (Lipinski definition) is 0. The van der Waals surface area contributed by atoms with E-state index in [-0.39, 0.29) is 0 Å². The van der Waals surface area contributed by atoms with Gasteiger partial charge in [-0.25, -0.2) is 0 Å². The van der Waals surface area contributed by atoms with E-state index in [4.69, 9.17) is 0 Å². The zero-order valence-electron chi connectivity index (χ0n) is 11.3. The van der Waals surface area contributed by atoms with Crippen molar-refractivity contribution < 1.29 is 0 Å². The SMILES string of the molecule is CCCCN1CCC(Cc2ccc(C)cc2)C1. The molecular weight excluding hydrogens is 206 g/mol. The Kier molecular flexibility index (Phi) is 4.61. The van der Waals surface area contributed by atoms with Crippen LogP contribution in [0, 0.1) is 12.8 Å². The van der Waals surface area contributed by atoms with Gasteiger partial charge < -0.3 is 4.90 Å². The summed E-state index contributed by atoms with van der Waals surface area (Å²) in [4.78, 5) is 2.64. The van der Waals surface area contributed by atoms with E-state index in [0.29, 0.717) is 0 Å². The summed E-state index contributed by atoms with van der Waals surface area (Å²) in [6.45, 7) is 8.37. The van der Waals surface area contributed by atoms with E-state index >= 15 is 0 Å². The fourth-order valence-electron chi connectivity index (χ4n) is 2.72. The molecule has 94 valence electrons. The Morgan fingerprint density at radius 3 is 2.71 bits per heavy atom. The molecule has 1 nitrogen and oxygen atoms in total. The van der Waals surface area contributed by atoms with Gasteiger partial charge in [0.15, 0.2) is 0 Å². The van der Waals surface area contributed by atoms with E-state index < -0.39 is 0 Å². The quantitative estimate of drug-likeness (QED) is 0.747. The zero-order chi connectivity index (χ0) is 12.1. The first-order chi connectivity index (χ1) is 8.28. The maximum Gasteiger partial charge on any atom is 0.00133 e. The Labute approximate surface area is 106 Å². The standard InChI is InChI=1S/C16H25N/c1-3-4-10-17-11-9-16(13-17)12-15-7-5-14(2)6-8-15/h5-8,16H,3-4,9-13H2,1-2H3. The first kappa shape index (κ1) is 12.6. The molecule has 0 radical (unpaired) electrons. The van der Waals surface area contributed by atoms with Crippen LogP contribution < -0.4 is 0 Å². The van der Waals surface area contributed by atoms with Crippen LogP contribution >= 0.6 is 0 Å². The third-order valence-corrected chi connectivity index (χ3v) is 3.84. The molecular formula is C16H25N. The van der Waals surface area contributed by atoms with Crippen molar-refractivity contribution in [2.45, 2.75) is 39.5 Å². The Balaban J connectivity index is 1.79. The van der Waals surface area contributed by atoms with Gasteiger partial charge in [0.1, 0.15) is 0 Å². The van der Waals surface area contributed by atoms with Gasteiger partial charge >= 0.3 is 0 Å². The van der Waals surface area contributed by atoms with Crippen molar-refractivity contribution in [3.63, 3.8) is 0 Å². The minimum atomic E-state index is 0.884. The van der Waals surface area contributed by atoms with Gasteiger partial charge in [0.2, 0.25) is 0 Å². The van der Waals surface area contributed by atoms with Crippen LogP contribution in [0.25, 0.3) is 0 Å². The lowest BCUT2D eigenvalue weighted by Gasteiger charge is -2.15. The van der Waals surface area contributed by atoms with Crippen LogP contribution in [-0.2, 0) is 6.42 Å². The maximum absolute atomic E-state index is 2.64. The van der Waals surface area contributed by atoms with Crippen molar-refractivity contribution in [1.82, 2.24) is 4.90 Å². The molecule has 17 heavy (non-hydrogen) atoms. The van der Waals surface area contributed by atoms with Crippen molar-refractivity contribution in [1.29, 1.82) is 0 Å². The lowest BCUT2D eigenvalue weighted by Crippen LogP contribution is -2.22. The predicted molar refractivity (Wildman–Crippen MR) is 74.3 cm³/mol. The highest BCUT2D eigenvalue weighted by Gasteiger charge is 2.21. The Bertz CT molecular complexity index is 328. The molecule has 1 aliphatic rings. The Hall–Kier alpha value is -0.820. The highest BCUT2D eigenvalue weighted by atomic mass is 15.1. The molecule has 0 aliphatic carbocycles. The van der Waals surface area contributed by atoms with E-state index in [0.717, 1.165) is 5.92 Å². The second-order valence-corrected chi connectivity index (χ2v) is 5.50. The second kappa shape index (κ2) is 6.20. The van der Waals surface area contributed by atoms with Gasteiger partial charge in [-0.15, -0.1) is 0 Å². The molecule has 1 fully saturated rings. The summed E-state index contributed by atoms with van der Waals surface area (Å²) in [6, 6.07) is 9.06. The van der Waals surface area contributed by atoms with Crippen molar-refractivity contribution in [3.05, 3.63) is 35.4 Å². The predicted octanol–water partition coefficient (Wildman–Crippen LogP) is 3.66. The second-order valence-electron chi connectivity index (χ2n) is 5.50. The van der Waals surface area contributed by atoms with Crippen LogP contribution in [0.4, 0.5) is 0 Å². The summed E-state index contributed by atoms with van der Waals surface area (Å²) in [5.74, 6) is 0.884. The molecule has 0 saturated carbocycles.